The second kappa shape index (κ2) is 10.4. The fourth-order valence-electron chi connectivity index (χ4n) is 3.09. The molecule has 1 atom stereocenters. The van der Waals surface area contributed by atoms with Crippen LogP contribution in [0.1, 0.15) is 32.2 Å². The molecule has 0 saturated carbocycles. The molecule has 0 radical (unpaired) electrons. The average Bonchev–Trinajstić information content (AvgIpc) is 2.60. The summed E-state index contributed by atoms with van der Waals surface area (Å²) in [7, 11) is 0. The second-order valence-corrected chi connectivity index (χ2v) is 6.81. The van der Waals surface area contributed by atoms with Crippen molar-refractivity contribution in [2.75, 3.05) is 39.4 Å². The van der Waals surface area contributed by atoms with Gasteiger partial charge < -0.3 is 15.4 Å². The highest BCUT2D eigenvalue weighted by molar-refractivity contribution is 5.79. The number of hydrogen-bond donors (Lipinski definition) is 2. The van der Waals surface area contributed by atoms with Crippen LogP contribution in [-0.2, 0) is 11.3 Å². The molecule has 6 heteroatoms. The van der Waals surface area contributed by atoms with Crippen molar-refractivity contribution in [2.24, 2.45) is 10.9 Å². The Labute approximate surface area is 152 Å². The number of nitrogens with one attached hydrogen (secondary N) is 2. The van der Waals surface area contributed by atoms with Crippen molar-refractivity contribution in [3.05, 3.63) is 29.6 Å². The first kappa shape index (κ1) is 19.7. The zero-order chi connectivity index (χ0) is 18.1. The van der Waals surface area contributed by atoms with Crippen molar-refractivity contribution in [1.29, 1.82) is 0 Å². The number of ether oxygens (including phenoxy) is 1. The molecule has 2 N–H and O–H groups in total. The van der Waals surface area contributed by atoms with E-state index >= 15 is 0 Å². The Morgan fingerprint density at radius 2 is 2.04 bits per heavy atom. The van der Waals surface area contributed by atoms with Crippen LogP contribution < -0.4 is 10.6 Å². The van der Waals surface area contributed by atoms with Gasteiger partial charge in [0.05, 0.1) is 25.5 Å². The van der Waals surface area contributed by atoms with Crippen LogP contribution in [0.4, 0.5) is 0 Å². The quantitative estimate of drug-likeness (QED) is 0.582. The average molecular weight is 348 g/mol. The summed E-state index contributed by atoms with van der Waals surface area (Å²) in [6.07, 6.45) is 0. The summed E-state index contributed by atoms with van der Waals surface area (Å²) in [5.41, 5.74) is 2.02. The molecule has 1 aliphatic heterocycles. The van der Waals surface area contributed by atoms with Gasteiger partial charge in [0.25, 0.3) is 0 Å². The predicted molar refractivity (Wildman–Crippen MR) is 103 cm³/mol. The lowest BCUT2D eigenvalue weighted by molar-refractivity contribution is 0.00752. The summed E-state index contributed by atoms with van der Waals surface area (Å²) in [6, 6.07) is 6.53. The minimum absolute atomic E-state index is 0.477. The van der Waals surface area contributed by atoms with Gasteiger partial charge in [-0.05, 0) is 31.9 Å². The molecule has 0 bridgehead atoms. The number of guanidine groups is 1. The fourth-order valence-corrected chi connectivity index (χ4v) is 3.09. The van der Waals surface area contributed by atoms with Crippen molar-refractivity contribution >= 4 is 5.96 Å². The fraction of sp³-hybridized carbons (Fsp3) is 0.684. The van der Waals surface area contributed by atoms with Crippen LogP contribution in [-0.4, -0.2) is 61.3 Å². The lowest BCUT2D eigenvalue weighted by atomic mass is 10.0. The van der Waals surface area contributed by atoms with Gasteiger partial charge in [0.15, 0.2) is 5.96 Å². The maximum atomic E-state index is 5.49. The SMILES string of the molecule is CCNC(=NCc1cccc(C)n1)NCC(C(C)C)N1CCOCC1. The van der Waals surface area contributed by atoms with Crippen LogP contribution in [0.3, 0.4) is 0 Å². The molecule has 0 aromatic carbocycles. The van der Waals surface area contributed by atoms with E-state index in [1.165, 1.54) is 0 Å². The maximum absolute atomic E-state index is 5.49. The molecule has 1 aromatic heterocycles. The number of morpholine rings is 1. The molecule has 1 aromatic rings. The topological polar surface area (TPSA) is 61.8 Å². The first-order chi connectivity index (χ1) is 12.1. The summed E-state index contributed by atoms with van der Waals surface area (Å²) in [5, 5.41) is 6.85. The minimum atomic E-state index is 0.477. The molecule has 2 rings (SSSR count). The molecule has 1 aliphatic rings. The Bertz CT molecular complexity index is 540. The van der Waals surface area contributed by atoms with E-state index in [-0.39, 0.29) is 0 Å². The molecule has 0 spiro atoms. The Morgan fingerprint density at radius 3 is 2.68 bits per heavy atom. The van der Waals surface area contributed by atoms with E-state index in [1.807, 2.05) is 25.1 Å². The molecule has 1 unspecified atom stereocenters. The van der Waals surface area contributed by atoms with Crippen molar-refractivity contribution in [3.63, 3.8) is 0 Å². The first-order valence-corrected chi connectivity index (χ1v) is 9.36. The maximum Gasteiger partial charge on any atom is 0.191 e. The molecular weight excluding hydrogens is 314 g/mol. The lowest BCUT2D eigenvalue weighted by Crippen LogP contribution is -2.52. The monoisotopic (exact) mass is 347 g/mol. The molecule has 0 amide bonds. The molecule has 25 heavy (non-hydrogen) atoms. The third kappa shape index (κ3) is 6.63. The Morgan fingerprint density at radius 1 is 1.28 bits per heavy atom. The van der Waals surface area contributed by atoms with Crippen molar-refractivity contribution < 1.29 is 4.74 Å². The number of nitrogens with zero attached hydrogens (tertiary/aromatic N) is 3. The van der Waals surface area contributed by atoms with E-state index < -0.39 is 0 Å². The number of aryl methyl sites for hydroxylation is 1. The van der Waals surface area contributed by atoms with E-state index in [1.54, 1.807) is 0 Å². The summed E-state index contributed by atoms with van der Waals surface area (Å²) < 4.78 is 5.49. The van der Waals surface area contributed by atoms with Crippen LogP contribution in [0.2, 0.25) is 0 Å². The highest BCUT2D eigenvalue weighted by Gasteiger charge is 2.23. The number of pyridine rings is 1. The summed E-state index contributed by atoms with van der Waals surface area (Å²) in [6.45, 7) is 14.6. The van der Waals surface area contributed by atoms with Crippen LogP contribution >= 0.6 is 0 Å². The zero-order valence-corrected chi connectivity index (χ0v) is 16.1. The lowest BCUT2D eigenvalue weighted by Gasteiger charge is -2.37. The van der Waals surface area contributed by atoms with Gasteiger partial charge in [-0.1, -0.05) is 19.9 Å². The van der Waals surface area contributed by atoms with Gasteiger partial charge in [-0.15, -0.1) is 0 Å². The van der Waals surface area contributed by atoms with Crippen molar-refractivity contribution in [1.82, 2.24) is 20.5 Å². The van der Waals surface area contributed by atoms with Crippen LogP contribution in [0.5, 0.6) is 0 Å². The van der Waals surface area contributed by atoms with E-state index in [0.29, 0.717) is 18.5 Å². The van der Waals surface area contributed by atoms with Crippen molar-refractivity contribution in [3.8, 4) is 0 Å². The van der Waals surface area contributed by atoms with Crippen molar-refractivity contribution in [2.45, 2.75) is 40.3 Å². The van der Waals surface area contributed by atoms with Gasteiger partial charge in [0, 0.05) is 37.9 Å². The Balaban J connectivity index is 1.95. The van der Waals surface area contributed by atoms with E-state index in [0.717, 1.165) is 56.7 Å². The highest BCUT2D eigenvalue weighted by atomic mass is 16.5. The summed E-state index contributed by atoms with van der Waals surface area (Å²) in [5.74, 6) is 1.43. The van der Waals surface area contributed by atoms with E-state index in [2.05, 4.69) is 46.3 Å². The number of aliphatic imine (C=N–C) groups is 1. The molecule has 6 nitrogen and oxygen atoms in total. The first-order valence-electron chi connectivity index (χ1n) is 9.36. The summed E-state index contributed by atoms with van der Waals surface area (Å²) in [4.78, 5) is 11.7. The van der Waals surface area contributed by atoms with Crippen LogP contribution in [0.15, 0.2) is 23.2 Å². The van der Waals surface area contributed by atoms with Gasteiger partial charge in [0.1, 0.15) is 0 Å². The van der Waals surface area contributed by atoms with Gasteiger partial charge >= 0.3 is 0 Å². The molecule has 1 fully saturated rings. The van der Waals surface area contributed by atoms with Gasteiger partial charge in [0.2, 0.25) is 0 Å². The second-order valence-electron chi connectivity index (χ2n) is 6.81. The van der Waals surface area contributed by atoms with Crippen LogP contribution in [0, 0.1) is 12.8 Å². The predicted octanol–water partition coefficient (Wildman–Crippen LogP) is 1.80. The molecular formula is C19H33N5O. The van der Waals surface area contributed by atoms with Gasteiger partial charge in [-0.25, -0.2) is 4.99 Å². The molecule has 0 aliphatic carbocycles. The van der Waals surface area contributed by atoms with Crippen LogP contribution in [0.25, 0.3) is 0 Å². The molecule has 140 valence electrons. The third-order valence-electron chi connectivity index (χ3n) is 4.45. The normalized spacial score (nSPS) is 17.6. The highest BCUT2D eigenvalue weighted by Crippen LogP contribution is 2.12. The number of rotatable bonds is 7. The summed E-state index contributed by atoms with van der Waals surface area (Å²) >= 11 is 0. The van der Waals surface area contributed by atoms with Gasteiger partial charge in [-0.2, -0.15) is 0 Å². The minimum Gasteiger partial charge on any atom is -0.379 e. The standard InChI is InChI=1S/C19H33N5O/c1-5-20-19(21-13-17-8-6-7-16(4)23-17)22-14-18(15(2)3)24-9-11-25-12-10-24/h6-8,15,18H,5,9-14H2,1-4H3,(H2,20,21,22). The molecule has 2 heterocycles. The smallest absolute Gasteiger partial charge is 0.191 e. The zero-order valence-electron chi connectivity index (χ0n) is 16.1. The number of hydrogen-bond acceptors (Lipinski definition) is 4. The van der Waals surface area contributed by atoms with E-state index in [9.17, 15) is 0 Å². The Kier molecular flexibility index (Phi) is 8.15. The number of aromatic nitrogens is 1. The van der Waals surface area contributed by atoms with Gasteiger partial charge in [-0.3, -0.25) is 9.88 Å². The largest absolute Gasteiger partial charge is 0.379 e. The van der Waals surface area contributed by atoms with E-state index in [4.69, 9.17) is 4.74 Å². The molecule has 1 saturated heterocycles. The third-order valence-corrected chi connectivity index (χ3v) is 4.45. The Hall–Kier alpha value is -1.66.